The van der Waals surface area contributed by atoms with Crippen molar-refractivity contribution in [2.75, 3.05) is 13.4 Å². The molecule has 3 rings (SSSR count). The number of ketones is 1. The molecule has 5 nitrogen and oxygen atoms in total. The van der Waals surface area contributed by atoms with Crippen LogP contribution in [-0.4, -0.2) is 25.2 Å². The van der Waals surface area contributed by atoms with Crippen LogP contribution in [0.5, 0.6) is 11.5 Å². The summed E-state index contributed by atoms with van der Waals surface area (Å²) in [5.41, 5.74) is 1.51. The molecule has 0 saturated carbocycles. The van der Waals surface area contributed by atoms with E-state index < -0.39 is 5.97 Å². The average molecular weight is 330 g/mol. The summed E-state index contributed by atoms with van der Waals surface area (Å²) in [7, 11) is 0. The van der Waals surface area contributed by atoms with Crippen molar-refractivity contribution in [1.82, 2.24) is 0 Å². The Hall–Kier alpha value is -2.60. The second kappa shape index (κ2) is 6.66. The van der Waals surface area contributed by atoms with Crippen molar-refractivity contribution in [3.8, 4) is 11.5 Å². The van der Waals surface area contributed by atoms with Crippen LogP contribution >= 0.6 is 11.3 Å². The number of thiophene rings is 1. The van der Waals surface area contributed by atoms with E-state index in [1.807, 2.05) is 18.4 Å². The van der Waals surface area contributed by atoms with Crippen LogP contribution in [0.3, 0.4) is 0 Å². The molecular formula is C17H14O5S. The lowest BCUT2D eigenvalue weighted by atomic mass is 10.1. The number of hydrogen-bond donors (Lipinski definition) is 0. The third-order valence-electron chi connectivity index (χ3n) is 3.31. The standard InChI is InChI=1S/C17H14O5S/c1-11-6-7-23-16(11)4-5-17(19)20-9-13(18)12-2-3-14-15(8-12)22-10-21-14/h2-8H,9-10H2,1H3/b5-4+. The molecule has 2 heterocycles. The zero-order valence-corrected chi connectivity index (χ0v) is 13.2. The topological polar surface area (TPSA) is 61.8 Å². The predicted molar refractivity (Wildman–Crippen MR) is 85.9 cm³/mol. The Morgan fingerprint density at radius 1 is 1.26 bits per heavy atom. The van der Waals surface area contributed by atoms with Gasteiger partial charge in [-0.2, -0.15) is 0 Å². The first-order valence-electron chi connectivity index (χ1n) is 6.95. The number of aryl methyl sites for hydroxylation is 1. The minimum Gasteiger partial charge on any atom is -0.454 e. The van der Waals surface area contributed by atoms with Gasteiger partial charge in [-0.25, -0.2) is 4.79 Å². The molecule has 1 aliphatic heterocycles. The highest BCUT2D eigenvalue weighted by Gasteiger charge is 2.16. The number of hydrogen-bond acceptors (Lipinski definition) is 6. The molecule has 0 spiro atoms. The first-order valence-corrected chi connectivity index (χ1v) is 7.83. The van der Waals surface area contributed by atoms with Crippen molar-refractivity contribution in [2.45, 2.75) is 6.92 Å². The maximum Gasteiger partial charge on any atom is 0.331 e. The van der Waals surface area contributed by atoms with Gasteiger partial charge in [0.1, 0.15) is 0 Å². The van der Waals surface area contributed by atoms with E-state index in [0.29, 0.717) is 17.1 Å². The van der Waals surface area contributed by atoms with Crippen LogP contribution in [0.4, 0.5) is 0 Å². The van der Waals surface area contributed by atoms with Crippen molar-refractivity contribution >= 4 is 29.2 Å². The van der Waals surface area contributed by atoms with Crippen molar-refractivity contribution in [3.05, 3.63) is 51.7 Å². The highest BCUT2D eigenvalue weighted by molar-refractivity contribution is 7.11. The Bertz CT molecular complexity index is 775. The molecule has 0 radical (unpaired) electrons. The Morgan fingerprint density at radius 2 is 2.09 bits per heavy atom. The lowest BCUT2D eigenvalue weighted by Crippen LogP contribution is -2.12. The fraction of sp³-hybridized carbons (Fsp3) is 0.176. The van der Waals surface area contributed by atoms with Gasteiger partial charge in [0.15, 0.2) is 23.9 Å². The zero-order chi connectivity index (χ0) is 16.2. The van der Waals surface area contributed by atoms with Crippen LogP contribution in [0, 0.1) is 6.92 Å². The third-order valence-corrected chi connectivity index (χ3v) is 4.30. The van der Waals surface area contributed by atoms with E-state index >= 15 is 0 Å². The molecule has 0 saturated heterocycles. The van der Waals surface area contributed by atoms with E-state index in [2.05, 4.69) is 0 Å². The number of Topliss-reactive ketones (excluding diaryl/α,β-unsaturated/α-hetero) is 1. The molecule has 0 atom stereocenters. The van der Waals surface area contributed by atoms with Gasteiger partial charge < -0.3 is 14.2 Å². The number of fused-ring (bicyclic) bond motifs is 1. The number of benzene rings is 1. The third kappa shape index (κ3) is 3.60. The second-order valence-electron chi connectivity index (χ2n) is 4.90. The molecule has 0 amide bonds. The largest absolute Gasteiger partial charge is 0.454 e. The Labute approximate surface area is 137 Å². The summed E-state index contributed by atoms with van der Waals surface area (Å²) in [6.45, 7) is 1.80. The van der Waals surface area contributed by atoms with Gasteiger partial charge in [-0.1, -0.05) is 0 Å². The number of carbonyl (C=O) groups is 2. The van der Waals surface area contributed by atoms with E-state index in [1.165, 1.54) is 17.4 Å². The number of esters is 1. The number of carbonyl (C=O) groups excluding carboxylic acids is 2. The summed E-state index contributed by atoms with van der Waals surface area (Å²) in [4.78, 5) is 24.7. The van der Waals surface area contributed by atoms with Gasteiger partial charge in [-0.05, 0) is 48.2 Å². The molecule has 0 N–H and O–H groups in total. The number of ether oxygens (including phenoxy) is 3. The Morgan fingerprint density at radius 3 is 2.87 bits per heavy atom. The maximum absolute atomic E-state index is 12.0. The summed E-state index contributed by atoms with van der Waals surface area (Å²) < 4.78 is 15.4. The van der Waals surface area contributed by atoms with Gasteiger partial charge in [0.2, 0.25) is 6.79 Å². The minimum absolute atomic E-state index is 0.148. The van der Waals surface area contributed by atoms with Gasteiger partial charge in [-0.15, -0.1) is 11.3 Å². The monoisotopic (exact) mass is 330 g/mol. The second-order valence-corrected chi connectivity index (χ2v) is 5.85. The van der Waals surface area contributed by atoms with Crippen LogP contribution in [0.2, 0.25) is 0 Å². The summed E-state index contributed by atoms with van der Waals surface area (Å²) in [6.07, 6.45) is 3.01. The SMILES string of the molecule is Cc1ccsc1/C=C/C(=O)OCC(=O)c1ccc2c(c1)OCO2. The fourth-order valence-corrected chi connectivity index (χ4v) is 2.86. The van der Waals surface area contributed by atoms with Crippen LogP contribution < -0.4 is 9.47 Å². The van der Waals surface area contributed by atoms with E-state index in [4.69, 9.17) is 14.2 Å². The molecular weight excluding hydrogens is 316 g/mol. The summed E-state index contributed by atoms with van der Waals surface area (Å²) in [5, 5.41) is 1.95. The van der Waals surface area contributed by atoms with Crippen LogP contribution in [0.25, 0.3) is 6.08 Å². The first kappa shape index (κ1) is 15.3. The van der Waals surface area contributed by atoms with Crippen LogP contribution in [-0.2, 0) is 9.53 Å². The lowest BCUT2D eigenvalue weighted by molar-refractivity contribution is -0.136. The molecule has 118 valence electrons. The van der Waals surface area contributed by atoms with Gasteiger partial charge >= 0.3 is 5.97 Å². The van der Waals surface area contributed by atoms with E-state index in [0.717, 1.165) is 10.4 Å². The van der Waals surface area contributed by atoms with Crippen LogP contribution in [0.15, 0.2) is 35.7 Å². The molecule has 23 heavy (non-hydrogen) atoms. The number of rotatable bonds is 5. The highest BCUT2D eigenvalue weighted by atomic mass is 32.1. The highest BCUT2D eigenvalue weighted by Crippen LogP contribution is 2.32. The summed E-state index contributed by atoms with van der Waals surface area (Å²) in [6, 6.07) is 6.84. The fourth-order valence-electron chi connectivity index (χ4n) is 2.04. The Balaban J connectivity index is 1.55. The molecule has 2 aromatic rings. The zero-order valence-electron chi connectivity index (χ0n) is 12.4. The molecule has 1 aliphatic rings. The van der Waals surface area contributed by atoms with Crippen molar-refractivity contribution in [2.24, 2.45) is 0 Å². The van der Waals surface area contributed by atoms with Gasteiger partial charge in [-0.3, -0.25) is 4.79 Å². The van der Waals surface area contributed by atoms with Gasteiger partial charge in [0.05, 0.1) is 0 Å². The van der Waals surface area contributed by atoms with Crippen molar-refractivity contribution in [1.29, 1.82) is 0 Å². The quantitative estimate of drug-likeness (QED) is 0.478. The average Bonchev–Trinajstić information content (AvgIpc) is 3.18. The van der Waals surface area contributed by atoms with E-state index in [9.17, 15) is 9.59 Å². The first-order chi connectivity index (χ1) is 11.1. The minimum atomic E-state index is -0.549. The van der Waals surface area contributed by atoms with E-state index in [1.54, 1.807) is 24.3 Å². The molecule has 0 aliphatic carbocycles. The van der Waals surface area contributed by atoms with Gasteiger partial charge in [0.25, 0.3) is 0 Å². The van der Waals surface area contributed by atoms with Crippen LogP contribution in [0.1, 0.15) is 20.8 Å². The Kier molecular flexibility index (Phi) is 4.43. The summed E-state index contributed by atoms with van der Waals surface area (Å²) in [5.74, 6) is 0.285. The van der Waals surface area contributed by atoms with Crippen molar-refractivity contribution in [3.63, 3.8) is 0 Å². The lowest BCUT2D eigenvalue weighted by Gasteiger charge is -2.03. The van der Waals surface area contributed by atoms with Gasteiger partial charge in [0, 0.05) is 16.5 Å². The molecule has 0 unspecified atom stereocenters. The summed E-state index contributed by atoms with van der Waals surface area (Å²) >= 11 is 1.54. The molecule has 0 fully saturated rings. The predicted octanol–water partition coefficient (Wildman–Crippen LogP) is 3.22. The molecule has 1 aromatic carbocycles. The molecule has 0 bridgehead atoms. The smallest absolute Gasteiger partial charge is 0.331 e. The molecule has 6 heteroatoms. The normalized spacial score (nSPS) is 12.6. The van der Waals surface area contributed by atoms with E-state index in [-0.39, 0.29) is 19.2 Å². The molecule has 1 aromatic heterocycles. The van der Waals surface area contributed by atoms with Crippen molar-refractivity contribution < 1.29 is 23.8 Å². The maximum atomic E-state index is 12.0.